The van der Waals surface area contributed by atoms with E-state index in [9.17, 15) is 0 Å². The Morgan fingerprint density at radius 1 is 1.47 bits per heavy atom. The van der Waals surface area contributed by atoms with Crippen LogP contribution >= 0.6 is 0 Å². The Morgan fingerprint density at radius 3 is 2.93 bits per heavy atom. The van der Waals surface area contributed by atoms with Crippen LogP contribution in [0, 0.1) is 0 Å². The normalized spacial score (nSPS) is 15.1. The van der Waals surface area contributed by atoms with Crippen LogP contribution in [0.5, 0.6) is 17.2 Å². The second kappa shape index (κ2) is 3.98. The van der Waals surface area contributed by atoms with Gasteiger partial charge in [0.05, 0.1) is 7.11 Å². The van der Waals surface area contributed by atoms with Crippen LogP contribution in [0.25, 0.3) is 0 Å². The predicted molar refractivity (Wildman–Crippen MR) is 56.6 cm³/mol. The predicted octanol–water partition coefficient (Wildman–Crippen LogP) is 1.49. The zero-order chi connectivity index (χ0) is 10.8. The SMILES string of the molecule is COc1c(C(C)CN)ccc2c1OCO2. The molecular weight excluding hydrogens is 194 g/mol. The number of methoxy groups -OCH3 is 1. The minimum atomic E-state index is 0.245. The highest BCUT2D eigenvalue weighted by atomic mass is 16.7. The number of fused-ring (bicyclic) bond motifs is 1. The van der Waals surface area contributed by atoms with Crippen LogP contribution in [0.2, 0.25) is 0 Å². The van der Waals surface area contributed by atoms with E-state index in [-0.39, 0.29) is 12.7 Å². The van der Waals surface area contributed by atoms with E-state index >= 15 is 0 Å². The zero-order valence-corrected chi connectivity index (χ0v) is 8.95. The maximum atomic E-state index is 5.65. The van der Waals surface area contributed by atoms with Crippen molar-refractivity contribution in [3.05, 3.63) is 17.7 Å². The van der Waals surface area contributed by atoms with Crippen LogP contribution < -0.4 is 19.9 Å². The first-order valence-corrected chi connectivity index (χ1v) is 4.94. The van der Waals surface area contributed by atoms with Gasteiger partial charge in [0, 0.05) is 5.56 Å². The quantitative estimate of drug-likeness (QED) is 0.819. The Labute approximate surface area is 88.9 Å². The molecule has 0 saturated heterocycles. The van der Waals surface area contributed by atoms with E-state index in [4.69, 9.17) is 19.9 Å². The molecule has 0 aromatic heterocycles. The van der Waals surface area contributed by atoms with Crippen molar-refractivity contribution in [2.24, 2.45) is 5.73 Å². The molecule has 4 nitrogen and oxygen atoms in total. The molecule has 0 bridgehead atoms. The van der Waals surface area contributed by atoms with Gasteiger partial charge in [-0.25, -0.2) is 0 Å². The minimum Gasteiger partial charge on any atom is -0.492 e. The molecule has 2 rings (SSSR count). The van der Waals surface area contributed by atoms with Crippen molar-refractivity contribution < 1.29 is 14.2 Å². The molecule has 1 aromatic rings. The largest absolute Gasteiger partial charge is 0.492 e. The van der Waals surface area contributed by atoms with Gasteiger partial charge < -0.3 is 19.9 Å². The summed E-state index contributed by atoms with van der Waals surface area (Å²) in [5.74, 6) is 2.41. The highest BCUT2D eigenvalue weighted by Gasteiger charge is 2.23. The van der Waals surface area contributed by atoms with Gasteiger partial charge in [0.2, 0.25) is 12.5 Å². The maximum Gasteiger partial charge on any atom is 0.231 e. The van der Waals surface area contributed by atoms with Crippen LogP contribution in [0.15, 0.2) is 12.1 Å². The lowest BCUT2D eigenvalue weighted by molar-refractivity contribution is 0.171. The summed E-state index contributed by atoms with van der Waals surface area (Å²) in [5, 5.41) is 0. The number of ether oxygens (including phenoxy) is 3. The Hall–Kier alpha value is -1.42. The molecule has 15 heavy (non-hydrogen) atoms. The van der Waals surface area contributed by atoms with Gasteiger partial charge in [0.15, 0.2) is 11.5 Å². The van der Waals surface area contributed by atoms with Gasteiger partial charge in [-0.15, -0.1) is 0 Å². The first-order valence-electron chi connectivity index (χ1n) is 4.94. The van der Waals surface area contributed by atoms with Crippen molar-refractivity contribution >= 4 is 0 Å². The molecule has 1 heterocycles. The van der Waals surface area contributed by atoms with E-state index in [1.165, 1.54) is 0 Å². The monoisotopic (exact) mass is 209 g/mol. The van der Waals surface area contributed by atoms with Crippen LogP contribution in [0.4, 0.5) is 0 Å². The molecule has 0 saturated carbocycles. The lowest BCUT2D eigenvalue weighted by Crippen LogP contribution is -2.10. The molecule has 0 spiro atoms. The third-order valence-corrected chi connectivity index (χ3v) is 2.61. The summed E-state index contributed by atoms with van der Waals surface area (Å²) in [6.45, 7) is 2.89. The Kier molecular flexibility index (Phi) is 2.68. The van der Waals surface area contributed by atoms with Gasteiger partial charge in [-0.2, -0.15) is 0 Å². The van der Waals surface area contributed by atoms with E-state index in [0.29, 0.717) is 12.3 Å². The van der Waals surface area contributed by atoms with E-state index in [0.717, 1.165) is 17.1 Å². The third-order valence-electron chi connectivity index (χ3n) is 2.61. The van der Waals surface area contributed by atoms with Gasteiger partial charge in [-0.3, -0.25) is 0 Å². The van der Waals surface area contributed by atoms with E-state index in [2.05, 4.69) is 6.92 Å². The fourth-order valence-electron chi connectivity index (χ4n) is 1.69. The number of hydrogen-bond donors (Lipinski definition) is 1. The highest BCUT2D eigenvalue weighted by Crippen LogP contribution is 2.44. The number of hydrogen-bond acceptors (Lipinski definition) is 4. The van der Waals surface area contributed by atoms with Gasteiger partial charge in [0.1, 0.15) is 0 Å². The van der Waals surface area contributed by atoms with Crippen LogP contribution in [-0.4, -0.2) is 20.4 Å². The van der Waals surface area contributed by atoms with Crippen molar-refractivity contribution in [3.8, 4) is 17.2 Å². The fraction of sp³-hybridized carbons (Fsp3) is 0.455. The Balaban J connectivity index is 2.48. The fourth-order valence-corrected chi connectivity index (χ4v) is 1.69. The molecule has 1 atom stereocenters. The van der Waals surface area contributed by atoms with Gasteiger partial charge in [0.25, 0.3) is 0 Å². The van der Waals surface area contributed by atoms with Crippen molar-refractivity contribution in [2.75, 3.05) is 20.4 Å². The molecule has 1 aromatic carbocycles. The van der Waals surface area contributed by atoms with E-state index in [1.807, 2.05) is 12.1 Å². The van der Waals surface area contributed by atoms with Gasteiger partial charge in [-0.05, 0) is 18.5 Å². The summed E-state index contributed by atoms with van der Waals surface area (Å²) in [7, 11) is 1.63. The standard InChI is InChI=1S/C11H15NO3/c1-7(5-12)8-3-4-9-11(10(8)13-2)15-6-14-9/h3-4,7H,5-6,12H2,1-2H3. The molecule has 1 aliphatic rings. The lowest BCUT2D eigenvalue weighted by Gasteiger charge is -2.15. The summed E-state index contributed by atoms with van der Waals surface area (Å²) >= 11 is 0. The van der Waals surface area contributed by atoms with Crippen molar-refractivity contribution in [1.29, 1.82) is 0 Å². The summed E-state index contributed by atoms with van der Waals surface area (Å²) in [5.41, 5.74) is 6.70. The first kappa shape index (κ1) is 10.1. The highest BCUT2D eigenvalue weighted by molar-refractivity contribution is 5.57. The second-order valence-electron chi connectivity index (χ2n) is 3.56. The lowest BCUT2D eigenvalue weighted by atomic mass is 9.99. The molecule has 82 valence electrons. The molecule has 2 N–H and O–H groups in total. The summed E-state index contributed by atoms with van der Waals surface area (Å²) in [6.07, 6.45) is 0. The minimum absolute atomic E-state index is 0.245. The number of rotatable bonds is 3. The molecule has 0 fully saturated rings. The van der Waals surface area contributed by atoms with E-state index < -0.39 is 0 Å². The zero-order valence-electron chi connectivity index (χ0n) is 8.95. The van der Waals surface area contributed by atoms with Gasteiger partial charge in [-0.1, -0.05) is 13.0 Å². The second-order valence-corrected chi connectivity index (χ2v) is 3.56. The van der Waals surface area contributed by atoms with Crippen molar-refractivity contribution in [3.63, 3.8) is 0 Å². The molecule has 1 unspecified atom stereocenters. The number of benzene rings is 1. The van der Waals surface area contributed by atoms with Crippen LogP contribution in [0.3, 0.4) is 0 Å². The average Bonchev–Trinajstić information content (AvgIpc) is 2.74. The maximum absolute atomic E-state index is 5.65. The Morgan fingerprint density at radius 2 is 2.27 bits per heavy atom. The number of nitrogens with two attached hydrogens (primary N) is 1. The van der Waals surface area contributed by atoms with Crippen molar-refractivity contribution in [1.82, 2.24) is 0 Å². The van der Waals surface area contributed by atoms with Crippen LogP contribution in [-0.2, 0) is 0 Å². The molecule has 0 amide bonds. The molecule has 0 aliphatic carbocycles. The van der Waals surface area contributed by atoms with Crippen molar-refractivity contribution in [2.45, 2.75) is 12.8 Å². The summed E-state index contributed by atoms with van der Waals surface area (Å²) < 4.78 is 16.0. The van der Waals surface area contributed by atoms with E-state index in [1.54, 1.807) is 7.11 Å². The Bertz CT molecular complexity index is 365. The molecule has 4 heteroatoms. The third kappa shape index (κ3) is 1.61. The average molecular weight is 209 g/mol. The van der Waals surface area contributed by atoms with Crippen LogP contribution in [0.1, 0.15) is 18.4 Å². The summed E-state index contributed by atoms with van der Waals surface area (Å²) in [4.78, 5) is 0. The smallest absolute Gasteiger partial charge is 0.231 e. The topological polar surface area (TPSA) is 53.7 Å². The molecular formula is C11H15NO3. The molecule has 1 aliphatic heterocycles. The van der Waals surface area contributed by atoms with Gasteiger partial charge >= 0.3 is 0 Å². The first-order chi connectivity index (χ1) is 7.27. The molecule has 0 radical (unpaired) electrons. The summed E-state index contributed by atoms with van der Waals surface area (Å²) in [6, 6.07) is 3.87.